The lowest BCUT2D eigenvalue weighted by molar-refractivity contribution is 0.568. The number of pyridine rings is 1. The van der Waals surface area contributed by atoms with Crippen molar-refractivity contribution in [3.05, 3.63) is 73.5 Å². The minimum atomic E-state index is 0.722. The lowest BCUT2D eigenvalue weighted by Gasteiger charge is -2.13. The third kappa shape index (κ3) is 2.94. The molecule has 32 heavy (non-hydrogen) atoms. The van der Waals surface area contributed by atoms with Crippen LogP contribution in [0.2, 0.25) is 0 Å². The number of aromatic nitrogens is 5. The summed E-state index contributed by atoms with van der Waals surface area (Å²) in [5.41, 5.74) is 8.78. The molecule has 4 heterocycles. The molecule has 7 heteroatoms. The maximum atomic E-state index is 5.27. The Labute approximate surface area is 183 Å². The zero-order valence-corrected chi connectivity index (χ0v) is 17.6. The maximum absolute atomic E-state index is 5.27. The van der Waals surface area contributed by atoms with Crippen molar-refractivity contribution in [3.8, 4) is 33.8 Å². The van der Waals surface area contributed by atoms with Gasteiger partial charge in [0, 0.05) is 42.4 Å². The first-order valence-electron chi connectivity index (χ1n) is 10.3. The van der Waals surface area contributed by atoms with Gasteiger partial charge in [-0.3, -0.25) is 10.1 Å². The molecular formula is C25H20N6O. The number of rotatable bonds is 4. The van der Waals surface area contributed by atoms with E-state index in [1.165, 1.54) is 0 Å². The number of benzene rings is 2. The molecule has 0 saturated heterocycles. The predicted molar refractivity (Wildman–Crippen MR) is 126 cm³/mol. The Bertz CT molecular complexity index is 1560. The summed E-state index contributed by atoms with van der Waals surface area (Å²) in [5, 5.41) is 8.71. The van der Waals surface area contributed by atoms with E-state index in [-0.39, 0.29) is 0 Å². The van der Waals surface area contributed by atoms with Gasteiger partial charge in [-0.15, -0.1) is 0 Å². The summed E-state index contributed by atoms with van der Waals surface area (Å²) in [6, 6.07) is 16.4. The van der Waals surface area contributed by atoms with E-state index < -0.39 is 0 Å². The molecule has 4 aromatic heterocycles. The lowest BCUT2D eigenvalue weighted by Crippen LogP contribution is -2.08. The molecule has 2 aromatic carbocycles. The van der Waals surface area contributed by atoms with E-state index in [0.717, 1.165) is 61.4 Å². The molecular weight excluding hydrogens is 400 g/mol. The summed E-state index contributed by atoms with van der Waals surface area (Å²) in [5.74, 6) is 0.722. The molecule has 0 radical (unpaired) electrons. The predicted octanol–water partition coefficient (Wildman–Crippen LogP) is 5.49. The number of anilines is 1. The van der Waals surface area contributed by atoms with Crippen LogP contribution in [0.4, 0.5) is 5.69 Å². The van der Waals surface area contributed by atoms with Crippen molar-refractivity contribution in [2.75, 3.05) is 19.0 Å². The lowest BCUT2D eigenvalue weighted by atomic mass is 10.0. The van der Waals surface area contributed by atoms with Crippen LogP contribution in [0.15, 0.2) is 77.9 Å². The number of fused-ring (bicyclic) bond motifs is 2. The number of para-hydroxylation sites is 1. The van der Waals surface area contributed by atoms with E-state index >= 15 is 0 Å². The third-order valence-corrected chi connectivity index (χ3v) is 5.71. The van der Waals surface area contributed by atoms with E-state index in [2.05, 4.69) is 38.4 Å². The van der Waals surface area contributed by atoms with Crippen LogP contribution in [0.3, 0.4) is 0 Å². The van der Waals surface area contributed by atoms with Crippen LogP contribution in [-0.2, 0) is 0 Å². The van der Waals surface area contributed by atoms with Crippen molar-refractivity contribution >= 4 is 27.6 Å². The Hall–Kier alpha value is -4.39. The molecule has 0 bridgehead atoms. The van der Waals surface area contributed by atoms with Crippen molar-refractivity contribution in [1.82, 2.24) is 25.1 Å². The summed E-state index contributed by atoms with van der Waals surface area (Å²) in [6.45, 7) is 0. The van der Waals surface area contributed by atoms with Crippen LogP contribution in [-0.4, -0.2) is 39.2 Å². The summed E-state index contributed by atoms with van der Waals surface area (Å²) < 4.78 is 5.27. The molecule has 6 rings (SSSR count). The fraction of sp³-hybridized carbons (Fsp3) is 0.0800. The largest absolute Gasteiger partial charge is 0.472 e. The maximum Gasteiger partial charge on any atom is 0.159 e. The fourth-order valence-electron chi connectivity index (χ4n) is 4.00. The summed E-state index contributed by atoms with van der Waals surface area (Å²) in [4.78, 5) is 14.8. The topological polar surface area (TPSA) is 86.6 Å². The first-order chi connectivity index (χ1) is 15.7. The van der Waals surface area contributed by atoms with Crippen molar-refractivity contribution in [3.63, 3.8) is 0 Å². The normalized spacial score (nSPS) is 11.4. The molecule has 0 spiro atoms. The molecule has 0 amide bonds. The van der Waals surface area contributed by atoms with E-state index in [1.54, 1.807) is 12.5 Å². The minimum Gasteiger partial charge on any atom is -0.472 e. The van der Waals surface area contributed by atoms with Gasteiger partial charge in [0.25, 0.3) is 0 Å². The average Bonchev–Trinajstić information content (AvgIpc) is 3.57. The number of hydrogen-bond donors (Lipinski definition) is 2. The van der Waals surface area contributed by atoms with Crippen LogP contribution < -0.4 is 4.90 Å². The summed E-state index contributed by atoms with van der Waals surface area (Å²) in [7, 11) is 4.02. The van der Waals surface area contributed by atoms with Gasteiger partial charge in [-0.2, -0.15) is 5.10 Å². The molecule has 156 valence electrons. The highest BCUT2D eigenvalue weighted by Gasteiger charge is 2.16. The van der Waals surface area contributed by atoms with E-state index in [1.807, 2.05) is 61.7 Å². The Morgan fingerprint density at radius 1 is 0.906 bits per heavy atom. The molecule has 2 N–H and O–H groups in total. The average molecular weight is 420 g/mol. The first-order valence-corrected chi connectivity index (χ1v) is 10.3. The first kappa shape index (κ1) is 18.4. The van der Waals surface area contributed by atoms with Crippen LogP contribution in [0.25, 0.3) is 55.7 Å². The molecule has 0 unspecified atom stereocenters. The highest BCUT2D eigenvalue weighted by atomic mass is 16.3. The van der Waals surface area contributed by atoms with Gasteiger partial charge in [0.05, 0.1) is 41.0 Å². The van der Waals surface area contributed by atoms with Gasteiger partial charge in [-0.05, 0) is 35.9 Å². The molecule has 0 saturated carbocycles. The molecule has 0 aliphatic carbocycles. The number of imidazole rings is 1. The summed E-state index contributed by atoms with van der Waals surface area (Å²) >= 11 is 0. The summed E-state index contributed by atoms with van der Waals surface area (Å²) in [6.07, 6.45) is 7.14. The Balaban J connectivity index is 1.49. The van der Waals surface area contributed by atoms with Crippen molar-refractivity contribution < 1.29 is 4.42 Å². The number of H-pyrrole nitrogens is 2. The number of furan rings is 1. The van der Waals surface area contributed by atoms with Crippen molar-refractivity contribution in [2.24, 2.45) is 0 Å². The molecule has 0 aliphatic heterocycles. The van der Waals surface area contributed by atoms with Gasteiger partial charge in [0.2, 0.25) is 0 Å². The van der Waals surface area contributed by atoms with Crippen LogP contribution >= 0.6 is 0 Å². The molecule has 6 aromatic rings. The van der Waals surface area contributed by atoms with Gasteiger partial charge < -0.3 is 14.3 Å². The van der Waals surface area contributed by atoms with E-state index in [4.69, 9.17) is 9.40 Å². The number of hydrogen-bond acceptors (Lipinski definition) is 5. The molecule has 7 nitrogen and oxygen atoms in total. The third-order valence-electron chi connectivity index (χ3n) is 5.71. The van der Waals surface area contributed by atoms with Gasteiger partial charge in [-0.1, -0.05) is 18.2 Å². The Morgan fingerprint density at radius 2 is 1.84 bits per heavy atom. The molecule has 0 atom stereocenters. The van der Waals surface area contributed by atoms with Gasteiger partial charge in [0.1, 0.15) is 5.69 Å². The van der Waals surface area contributed by atoms with Gasteiger partial charge in [0.15, 0.2) is 5.82 Å². The Morgan fingerprint density at radius 3 is 2.69 bits per heavy atom. The molecule has 0 fully saturated rings. The highest BCUT2D eigenvalue weighted by Crippen LogP contribution is 2.33. The zero-order valence-electron chi connectivity index (χ0n) is 17.6. The second-order valence-electron chi connectivity index (χ2n) is 7.96. The second kappa shape index (κ2) is 7.09. The van der Waals surface area contributed by atoms with E-state index in [9.17, 15) is 0 Å². The number of aromatic amines is 2. The van der Waals surface area contributed by atoms with Crippen LogP contribution in [0.1, 0.15) is 0 Å². The monoisotopic (exact) mass is 420 g/mol. The SMILES string of the molecule is CN(C)c1cncc(-c2ccc3[nH]nc(-c4nc5c(-c6ccoc6)cccc5[nH]4)c3c2)c1. The van der Waals surface area contributed by atoms with Crippen molar-refractivity contribution in [1.29, 1.82) is 0 Å². The van der Waals surface area contributed by atoms with Crippen LogP contribution in [0, 0.1) is 0 Å². The minimum absolute atomic E-state index is 0.722. The highest BCUT2D eigenvalue weighted by molar-refractivity contribution is 5.98. The smallest absolute Gasteiger partial charge is 0.159 e. The van der Waals surface area contributed by atoms with Crippen LogP contribution in [0.5, 0.6) is 0 Å². The van der Waals surface area contributed by atoms with Gasteiger partial charge >= 0.3 is 0 Å². The standard InChI is InChI=1S/C25H20N6O/c1-31(2)18-10-17(12-26-13-18)15-6-7-21-20(11-15)24(30-29-21)25-27-22-5-3-4-19(23(22)28-25)16-8-9-32-14-16/h3-14H,1-2H3,(H,27,28)(H,29,30). The van der Waals surface area contributed by atoms with Gasteiger partial charge in [-0.25, -0.2) is 4.98 Å². The molecule has 0 aliphatic rings. The quantitative estimate of drug-likeness (QED) is 0.394. The van der Waals surface area contributed by atoms with E-state index in [0.29, 0.717) is 0 Å². The Kier molecular flexibility index (Phi) is 4.07. The number of nitrogens with zero attached hydrogens (tertiary/aromatic N) is 4. The zero-order chi connectivity index (χ0) is 21.7. The number of nitrogens with one attached hydrogen (secondary N) is 2. The second-order valence-corrected chi connectivity index (χ2v) is 7.96. The van der Waals surface area contributed by atoms with Crippen molar-refractivity contribution in [2.45, 2.75) is 0 Å². The fourth-order valence-corrected chi connectivity index (χ4v) is 4.00.